The predicted molar refractivity (Wildman–Crippen MR) is 111 cm³/mol. The standard InChI is InChI=1S/C22H23N3O2S/c1-12-10-15-20(16(26)11-12)21(17-7-5-9-28-17)19(14(3)24-15)22(27)25-18-8-4-6-13(2)23-18/h4-9,12,21,24H,10-11H2,1-3H3,(H,23,25,27)/t12-,21-/m1/s1. The van der Waals surface area contributed by atoms with E-state index in [1.807, 2.05) is 43.5 Å². The molecule has 0 saturated heterocycles. The lowest BCUT2D eigenvalue weighted by atomic mass is 9.75. The molecule has 2 aliphatic rings. The van der Waals surface area contributed by atoms with Gasteiger partial charge in [-0.25, -0.2) is 4.98 Å². The third kappa shape index (κ3) is 3.40. The maximum Gasteiger partial charge on any atom is 0.255 e. The van der Waals surface area contributed by atoms with Crippen LogP contribution in [-0.4, -0.2) is 16.7 Å². The van der Waals surface area contributed by atoms with Crippen molar-refractivity contribution in [3.8, 4) is 0 Å². The first-order valence-corrected chi connectivity index (χ1v) is 10.3. The van der Waals surface area contributed by atoms with E-state index >= 15 is 0 Å². The van der Waals surface area contributed by atoms with Gasteiger partial charge in [-0.2, -0.15) is 0 Å². The summed E-state index contributed by atoms with van der Waals surface area (Å²) < 4.78 is 0. The number of carbonyl (C=O) groups is 2. The van der Waals surface area contributed by atoms with Gasteiger partial charge < -0.3 is 10.6 Å². The lowest BCUT2D eigenvalue weighted by Crippen LogP contribution is -2.36. The van der Waals surface area contributed by atoms with Gasteiger partial charge in [-0.1, -0.05) is 19.1 Å². The fraction of sp³-hybridized carbons (Fsp3) is 0.318. The van der Waals surface area contributed by atoms with E-state index in [9.17, 15) is 9.59 Å². The number of ketones is 1. The molecule has 0 spiro atoms. The zero-order chi connectivity index (χ0) is 19.8. The summed E-state index contributed by atoms with van der Waals surface area (Å²) in [5.74, 6) is 0.396. The molecule has 4 rings (SSSR count). The van der Waals surface area contributed by atoms with Crippen molar-refractivity contribution in [2.24, 2.45) is 5.92 Å². The molecule has 0 bridgehead atoms. The predicted octanol–water partition coefficient (Wildman–Crippen LogP) is 4.30. The average Bonchev–Trinajstić information content (AvgIpc) is 3.14. The molecule has 2 atom stereocenters. The smallest absolute Gasteiger partial charge is 0.255 e. The van der Waals surface area contributed by atoms with Crippen LogP contribution in [-0.2, 0) is 9.59 Å². The molecule has 28 heavy (non-hydrogen) atoms. The molecule has 1 amide bonds. The average molecular weight is 394 g/mol. The van der Waals surface area contributed by atoms with Crippen LogP contribution in [0.3, 0.4) is 0 Å². The highest BCUT2D eigenvalue weighted by atomic mass is 32.1. The van der Waals surface area contributed by atoms with Crippen molar-refractivity contribution in [3.05, 3.63) is 68.8 Å². The monoisotopic (exact) mass is 393 g/mol. The largest absolute Gasteiger partial charge is 0.362 e. The van der Waals surface area contributed by atoms with Crippen molar-refractivity contribution in [3.63, 3.8) is 0 Å². The molecule has 0 fully saturated rings. The summed E-state index contributed by atoms with van der Waals surface area (Å²) >= 11 is 1.58. The summed E-state index contributed by atoms with van der Waals surface area (Å²) in [7, 11) is 0. The number of hydrogen-bond acceptors (Lipinski definition) is 5. The van der Waals surface area contributed by atoms with Crippen LogP contribution in [0, 0.1) is 12.8 Å². The van der Waals surface area contributed by atoms with Crippen molar-refractivity contribution in [2.45, 2.75) is 39.5 Å². The summed E-state index contributed by atoms with van der Waals surface area (Å²) in [5, 5.41) is 8.26. The normalized spacial score (nSPS) is 22.0. The van der Waals surface area contributed by atoms with Gasteiger partial charge in [-0.3, -0.25) is 9.59 Å². The van der Waals surface area contributed by atoms with Crippen molar-refractivity contribution in [1.29, 1.82) is 0 Å². The molecule has 6 heteroatoms. The third-order valence-electron chi connectivity index (χ3n) is 5.23. The Kier molecular flexibility index (Phi) is 4.89. The number of rotatable bonds is 3. The molecule has 1 aliphatic carbocycles. The van der Waals surface area contributed by atoms with E-state index < -0.39 is 0 Å². The lowest BCUT2D eigenvalue weighted by molar-refractivity contribution is -0.117. The number of Topliss-reactive ketones (excluding diaryl/α,β-unsaturated/α-hetero) is 1. The number of nitrogens with one attached hydrogen (secondary N) is 2. The second kappa shape index (κ2) is 7.36. The summed E-state index contributed by atoms with van der Waals surface area (Å²) in [6, 6.07) is 9.49. The highest BCUT2D eigenvalue weighted by Crippen LogP contribution is 2.44. The fourth-order valence-electron chi connectivity index (χ4n) is 4.07. The van der Waals surface area contributed by atoms with Crippen LogP contribution in [0.5, 0.6) is 0 Å². The van der Waals surface area contributed by atoms with Crippen LogP contribution >= 0.6 is 11.3 Å². The van der Waals surface area contributed by atoms with Gasteiger partial charge in [0.1, 0.15) is 5.82 Å². The highest BCUT2D eigenvalue weighted by Gasteiger charge is 2.40. The zero-order valence-corrected chi connectivity index (χ0v) is 17.0. The van der Waals surface area contributed by atoms with Gasteiger partial charge in [0, 0.05) is 39.5 Å². The molecule has 5 nitrogen and oxygen atoms in total. The first-order valence-electron chi connectivity index (χ1n) is 9.46. The molecule has 0 saturated carbocycles. The van der Waals surface area contributed by atoms with Crippen molar-refractivity contribution >= 4 is 28.8 Å². The Morgan fingerprint density at radius 2 is 2.04 bits per heavy atom. The first-order chi connectivity index (χ1) is 13.4. The number of hydrogen-bond donors (Lipinski definition) is 2. The minimum atomic E-state index is -0.332. The Morgan fingerprint density at radius 1 is 1.21 bits per heavy atom. The number of aromatic nitrogens is 1. The quantitative estimate of drug-likeness (QED) is 0.815. The number of anilines is 1. The van der Waals surface area contributed by atoms with Gasteiger partial charge >= 0.3 is 0 Å². The number of dihydropyridines is 1. The molecule has 2 N–H and O–H groups in total. The van der Waals surface area contributed by atoms with Gasteiger partial charge in [0.05, 0.1) is 5.92 Å². The Labute approximate surface area is 168 Å². The molecule has 144 valence electrons. The van der Waals surface area contributed by atoms with E-state index in [1.54, 1.807) is 17.4 Å². The van der Waals surface area contributed by atoms with Crippen LogP contribution in [0.4, 0.5) is 5.82 Å². The summed E-state index contributed by atoms with van der Waals surface area (Å²) in [4.78, 5) is 31.6. The first kappa shape index (κ1) is 18.6. The number of allylic oxidation sites excluding steroid dienone is 3. The summed E-state index contributed by atoms with van der Waals surface area (Å²) in [5.41, 5.74) is 3.93. The maximum absolute atomic E-state index is 13.3. The Balaban J connectivity index is 1.76. The number of nitrogens with zero attached hydrogens (tertiary/aromatic N) is 1. The number of amides is 1. The minimum Gasteiger partial charge on any atom is -0.362 e. The SMILES string of the molecule is CC1=C(C(=O)Nc2cccc(C)n2)[C@@H](c2cccs2)C2=C(C[C@@H](C)CC2=O)N1. The topological polar surface area (TPSA) is 71.1 Å². The molecule has 2 aromatic rings. The second-order valence-electron chi connectivity index (χ2n) is 7.56. The molecule has 0 radical (unpaired) electrons. The van der Waals surface area contributed by atoms with Crippen LogP contribution in [0.1, 0.15) is 43.2 Å². The lowest BCUT2D eigenvalue weighted by Gasteiger charge is -2.35. The number of carbonyl (C=O) groups excluding carboxylic acids is 2. The Hall–Kier alpha value is -2.73. The van der Waals surface area contributed by atoms with Crippen LogP contribution < -0.4 is 10.6 Å². The third-order valence-corrected chi connectivity index (χ3v) is 6.17. The second-order valence-corrected chi connectivity index (χ2v) is 8.54. The van der Waals surface area contributed by atoms with Crippen molar-refractivity contribution in [1.82, 2.24) is 10.3 Å². The molecule has 1 aliphatic heterocycles. The minimum absolute atomic E-state index is 0.131. The van der Waals surface area contributed by atoms with Crippen LogP contribution in [0.25, 0.3) is 0 Å². The van der Waals surface area contributed by atoms with Gasteiger partial charge in [-0.15, -0.1) is 11.3 Å². The van der Waals surface area contributed by atoms with E-state index in [0.717, 1.165) is 34.0 Å². The van der Waals surface area contributed by atoms with Crippen LogP contribution in [0.2, 0.25) is 0 Å². The molecule has 2 aromatic heterocycles. The Morgan fingerprint density at radius 3 is 2.75 bits per heavy atom. The van der Waals surface area contributed by atoms with E-state index in [2.05, 4.69) is 22.5 Å². The van der Waals surface area contributed by atoms with Gasteiger partial charge in [0.25, 0.3) is 5.91 Å². The summed E-state index contributed by atoms with van der Waals surface area (Å²) in [6.07, 6.45) is 1.35. The van der Waals surface area contributed by atoms with E-state index in [-0.39, 0.29) is 17.6 Å². The number of pyridine rings is 1. The highest BCUT2D eigenvalue weighted by molar-refractivity contribution is 7.10. The van der Waals surface area contributed by atoms with Crippen LogP contribution in [0.15, 0.2) is 58.3 Å². The molecule has 0 unspecified atom stereocenters. The molecular weight excluding hydrogens is 370 g/mol. The summed E-state index contributed by atoms with van der Waals surface area (Å²) in [6.45, 7) is 5.89. The van der Waals surface area contributed by atoms with Gasteiger partial charge in [0.2, 0.25) is 0 Å². The van der Waals surface area contributed by atoms with Crippen molar-refractivity contribution in [2.75, 3.05) is 5.32 Å². The fourth-order valence-corrected chi connectivity index (χ4v) is 4.91. The molecule has 0 aromatic carbocycles. The molecular formula is C22H23N3O2S. The van der Waals surface area contributed by atoms with E-state index in [4.69, 9.17) is 0 Å². The van der Waals surface area contributed by atoms with Gasteiger partial charge in [0.15, 0.2) is 5.78 Å². The maximum atomic E-state index is 13.3. The van der Waals surface area contributed by atoms with Gasteiger partial charge in [-0.05, 0) is 49.8 Å². The Bertz CT molecular complexity index is 1000. The van der Waals surface area contributed by atoms with E-state index in [0.29, 0.717) is 23.7 Å². The number of thiophene rings is 1. The molecule has 3 heterocycles. The van der Waals surface area contributed by atoms with Crippen molar-refractivity contribution < 1.29 is 9.59 Å². The number of aryl methyl sites for hydroxylation is 1. The van der Waals surface area contributed by atoms with E-state index in [1.165, 1.54) is 0 Å². The zero-order valence-electron chi connectivity index (χ0n) is 16.2.